The Balaban J connectivity index is 2.08. The van der Waals surface area contributed by atoms with Crippen LogP contribution in [0.25, 0.3) is 10.9 Å². The topological polar surface area (TPSA) is 192 Å². The lowest BCUT2D eigenvalue weighted by atomic mass is 9.98. The third kappa shape index (κ3) is 9.67. The summed E-state index contributed by atoms with van der Waals surface area (Å²) < 4.78 is 0. The fraction of sp³-hybridized carbons (Fsp3) is 0.571. The number of benzene rings is 1. The zero-order valence-corrected chi connectivity index (χ0v) is 23.3. The van der Waals surface area contributed by atoms with Crippen LogP contribution in [0.5, 0.6) is 0 Å². The van der Waals surface area contributed by atoms with E-state index in [0.29, 0.717) is 25.8 Å². The smallest absolute Gasteiger partial charge is 0.326 e. The maximum absolute atomic E-state index is 13.3. The second-order valence-electron chi connectivity index (χ2n) is 10.8. The molecule has 1 heterocycles. The number of aromatic amines is 1. The normalized spacial score (nSPS) is 14.6. The summed E-state index contributed by atoms with van der Waals surface area (Å²) in [6.07, 6.45) is 3.83. The molecular formula is C28H44N6O5. The fourth-order valence-electron chi connectivity index (χ4n) is 4.41. The van der Waals surface area contributed by atoms with Crippen molar-refractivity contribution >= 4 is 34.6 Å². The number of fused-ring (bicyclic) bond motifs is 1. The van der Waals surface area contributed by atoms with Crippen molar-refractivity contribution in [2.45, 2.75) is 84.0 Å². The molecule has 0 fully saturated rings. The summed E-state index contributed by atoms with van der Waals surface area (Å²) in [5.41, 5.74) is 13.5. The Bertz CT molecular complexity index is 1110. The van der Waals surface area contributed by atoms with Crippen molar-refractivity contribution in [3.05, 3.63) is 36.0 Å². The largest absolute Gasteiger partial charge is 0.480 e. The maximum Gasteiger partial charge on any atom is 0.326 e. The Morgan fingerprint density at radius 3 is 2.21 bits per heavy atom. The van der Waals surface area contributed by atoms with Gasteiger partial charge in [-0.3, -0.25) is 14.4 Å². The molecule has 1 aromatic carbocycles. The molecular weight excluding hydrogens is 500 g/mol. The summed E-state index contributed by atoms with van der Waals surface area (Å²) >= 11 is 0. The predicted octanol–water partition coefficient (Wildman–Crippen LogP) is 1.41. The third-order valence-corrected chi connectivity index (χ3v) is 6.60. The Hall–Kier alpha value is -3.44. The van der Waals surface area contributed by atoms with E-state index in [4.69, 9.17) is 11.5 Å². The number of amides is 3. The van der Waals surface area contributed by atoms with Crippen LogP contribution in [0.3, 0.4) is 0 Å². The molecule has 2 rings (SSSR count). The number of unbranched alkanes of at least 4 members (excludes halogenated alkanes) is 1. The summed E-state index contributed by atoms with van der Waals surface area (Å²) in [5.74, 6) is -3.00. The lowest BCUT2D eigenvalue weighted by Crippen LogP contribution is -2.58. The van der Waals surface area contributed by atoms with Crippen molar-refractivity contribution in [3.8, 4) is 0 Å². The number of nitrogens with two attached hydrogens (primary N) is 2. The highest BCUT2D eigenvalue weighted by Crippen LogP contribution is 2.19. The molecule has 0 aliphatic heterocycles. The summed E-state index contributed by atoms with van der Waals surface area (Å²) in [6.45, 7) is 7.79. The number of carboxylic acid groups (broad SMARTS) is 1. The average Bonchev–Trinajstić information content (AvgIpc) is 3.28. The van der Waals surface area contributed by atoms with Crippen LogP contribution < -0.4 is 27.4 Å². The quantitative estimate of drug-likeness (QED) is 0.155. The number of H-pyrrole nitrogens is 1. The molecule has 9 N–H and O–H groups in total. The second-order valence-corrected chi connectivity index (χ2v) is 10.8. The van der Waals surface area contributed by atoms with Gasteiger partial charge in [0.15, 0.2) is 0 Å². The van der Waals surface area contributed by atoms with Crippen molar-refractivity contribution in [1.29, 1.82) is 0 Å². The van der Waals surface area contributed by atoms with E-state index in [1.165, 1.54) is 0 Å². The average molecular weight is 545 g/mol. The van der Waals surface area contributed by atoms with Gasteiger partial charge in [0.1, 0.15) is 18.1 Å². The maximum atomic E-state index is 13.3. The highest BCUT2D eigenvalue weighted by atomic mass is 16.4. The van der Waals surface area contributed by atoms with E-state index in [2.05, 4.69) is 20.9 Å². The zero-order chi connectivity index (χ0) is 29.1. The van der Waals surface area contributed by atoms with Gasteiger partial charge in [-0.15, -0.1) is 0 Å². The molecule has 4 unspecified atom stereocenters. The Morgan fingerprint density at radius 2 is 1.59 bits per heavy atom. The monoisotopic (exact) mass is 544 g/mol. The van der Waals surface area contributed by atoms with Gasteiger partial charge in [-0.2, -0.15) is 0 Å². The van der Waals surface area contributed by atoms with Gasteiger partial charge < -0.3 is 37.5 Å². The van der Waals surface area contributed by atoms with Gasteiger partial charge in [0, 0.05) is 17.1 Å². The predicted molar refractivity (Wildman–Crippen MR) is 151 cm³/mol. The van der Waals surface area contributed by atoms with Crippen LogP contribution in [0, 0.1) is 11.8 Å². The van der Waals surface area contributed by atoms with Crippen LogP contribution in [0.15, 0.2) is 30.5 Å². The lowest BCUT2D eigenvalue weighted by molar-refractivity contribution is -0.142. The number of carbonyl (C=O) groups is 4. The molecule has 0 bridgehead atoms. The van der Waals surface area contributed by atoms with Gasteiger partial charge in [0.05, 0.1) is 6.04 Å². The van der Waals surface area contributed by atoms with Gasteiger partial charge in [-0.25, -0.2) is 4.79 Å². The number of nitrogens with one attached hydrogen (secondary N) is 4. The van der Waals surface area contributed by atoms with E-state index in [0.717, 1.165) is 16.5 Å². The molecule has 0 saturated heterocycles. The number of hydrogen-bond acceptors (Lipinski definition) is 6. The molecule has 0 aliphatic rings. The first kappa shape index (κ1) is 31.8. The minimum absolute atomic E-state index is 0.0401. The van der Waals surface area contributed by atoms with Crippen molar-refractivity contribution in [2.75, 3.05) is 6.54 Å². The molecule has 1 aromatic heterocycles. The minimum Gasteiger partial charge on any atom is -0.480 e. The van der Waals surface area contributed by atoms with Crippen LogP contribution in [0.4, 0.5) is 0 Å². The van der Waals surface area contributed by atoms with Crippen LogP contribution in [0.2, 0.25) is 0 Å². The first-order valence-corrected chi connectivity index (χ1v) is 13.6. The fourth-order valence-corrected chi connectivity index (χ4v) is 4.41. The van der Waals surface area contributed by atoms with Gasteiger partial charge in [-0.1, -0.05) is 45.9 Å². The number of aromatic nitrogens is 1. The molecule has 11 heteroatoms. The van der Waals surface area contributed by atoms with Crippen molar-refractivity contribution in [1.82, 2.24) is 20.9 Å². The van der Waals surface area contributed by atoms with Crippen LogP contribution in [-0.4, -0.2) is 64.5 Å². The SMILES string of the molecule is CC(C)CC(NC(=O)C(NC(=O)C(N)Cc1c[nH]c2ccccc12)C(C)C)C(=O)NC(CCCCN)C(=O)O. The van der Waals surface area contributed by atoms with Crippen molar-refractivity contribution in [3.63, 3.8) is 0 Å². The van der Waals surface area contributed by atoms with Crippen LogP contribution in [-0.2, 0) is 25.6 Å². The molecule has 0 spiro atoms. The lowest BCUT2D eigenvalue weighted by Gasteiger charge is -2.27. The van der Waals surface area contributed by atoms with E-state index in [1.54, 1.807) is 13.8 Å². The number of aliphatic carboxylic acids is 1. The van der Waals surface area contributed by atoms with E-state index in [9.17, 15) is 24.3 Å². The molecule has 11 nitrogen and oxygen atoms in total. The number of hydrogen-bond donors (Lipinski definition) is 7. The molecule has 0 aliphatic carbocycles. The molecule has 39 heavy (non-hydrogen) atoms. The highest BCUT2D eigenvalue weighted by Gasteiger charge is 2.32. The molecule has 2 aromatic rings. The summed E-state index contributed by atoms with van der Waals surface area (Å²) in [4.78, 5) is 54.1. The Kier molecular flexibility index (Phi) is 12.4. The Morgan fingerprint density at radius 1 is 0.923 bits per heavy atom. The highest BCUT2D eigenvalue weighted by molar-refractivity contribution is 5.94. The number of para-hydroxylation sites is 1. The molecule has 3 amide bonds. The second kappa shape index (κ2) is 15.2. The first-order valence-electron chi connectivity index (χ1n) is 13.6. The first-order chi connectivity index (χ1) is 18.4. The zero-order valence-electron chi connectivity index (χ0n) is 23.3. The minimum atomic E-state index is -1.15. The van der Waals surface area contributed by atoms with E-state index >= 15 is 0 Å². The van der Waals surface area contributed by atoms with Crippen LogP contribution in [0.1, 0.15) is 58.9 Å². The number of rotatable bonds is 16. The molecule has 0 radical (unpaired) electrons. The Labute approximate surface area is 229 Å². The van der Waals surface area contributed by atoms with Crippen LogP contribution >= 0.6 is 0 Å². The standard InChI is InChI=1S/C28H44N6O5/c1-16(2)13-23(26(36)32-22(28(38)39)11-7-8-12-29)33-27(37)24(17(3)4)34-25(35)20(30)14-18-15-31-21-10-6-5-9-19(18)21/h5-6,9-10,15-17,20,22-24,31H,7-8,11-14,29-30H2,1-4H3,(H,32,36)(H,33,37)(H,34,35)(H,38,39). The summed E-state index contributed by atoms with van der Waals surface area (Å²) in [5, 5.41) is 18.5. The van der Waals surface area contributed by atoms with Gasteiger partial charge in [0.25, 0.3) is 0 Å². The number of carboxylic acids is 1. The number of carbonyl (C=O) groups excluding carboxylic acids is 3. The van der Waals surface area contributed by atoms with Crippen molar-refractivity contribution in [2.24, 2.45) is 23.3 Å². The molecule has 216 valence electrons. The summed E-state index contributed by atoms with van der Waals surface area (Å²) in [6, 6.07) is 3.83. The van der Waals surface area contributed by atoms with Gasteiger partial charge in [0.2, 0.25) is 17.7 Å². The van der Waals surface area contributed by atoms with E-state index in [-0.39, 0.29) is 24.7 Å². The van der Waals surface area contributed by atoms with Crippen molar-refractivity contribution < 1.29 is 24.3 Å². The van der Waals surface area contributed by atoms with Gasteiger partial charge in [-0.05, 0) is 62.1 Å². The third-order valence-electron chi connectivity index (χ3n) is 6.60. The summed E-state index contributed by atoms with van der Waals surface area (Å²) in [7, 11) is 0. The van der Waals surface area contributed by atoms with Gasteiger partial charge >= 0.3 is 5.97 Å². The molecule has 4 atom stereocenters. The van der Waals surface area contributed by atoms with E-state index in [1.807, 2.05) is 44.3 Å². The van der Waals surface area contributed by atoms with E-state index < -0.39 is 47.9 Å². The molecule has 0 saturated carbocycles.